The van der Waals surface area contributed by atoms with E-state index in [1.54, 1.807) is 15.7 Å². The molecule has 194 valence electrons. The number of halogens is 5. The first kappa shape index (κ1) is 26.1. The Kier molecular flexibility index (Phi) is 7.66. The number of hydrogen-bond donors (Lipinski definition) is 1. The summed E-state index contributed by atoms with van der Waals surface area (Å²) in [6.07, 6.45) is -4.54. The lowest BCUT2D eigenvalue weighted by Crippen LogP contribution is -2.58. The van der Waals surface area contributed by atoms with E-state index in [2.05, 4.69) is 10.1 Å². The Balaban J connectivity index is 1.49. The molecule has 8 nitrogen and oxygen atoms in total. The average molecular weight is 532 g/mol. The molecule has 4 rings (SSSR count). The molecule has 0 radical (unpaired) electrons. The maximum Gasteiger partial charge on any atom is 0.472 e. The zero-order chi connectivity index (χ0) is 26.0. The van der Waals surface area contributed by atoms with Crippen LogP contribution in [-0.2, 0) is 14.4 Å². The van der Waals surface area contributed by atoms with Crippen molar-refractivity contribution >= 4 is 29.2 Å². The number of hydrazine groups is 1. The number of aldehydes is 1. The second-order valence-corrected chi connectivity index (χ2v) is 9.28. The van der Waals surface area contributed by atoms with Crippen molar-refractivity contribution in [2.75, 3.05) is 13.6 Å². The third-order valence-electron chi connectivity index (χ3n) is 6.03. The van der Waals surface area contributed by atoms with Crippen LogP contribution in [0.3, 0.4) is 0 Å². The Morgan fingerprint density at radius 1 is 1.31 bits per heavy atom. The first-order chi connectivity index (χ1) is 17.1. The molecule has 3 unspecified atom stereocenters. The standard InChI is InChI=1S/C22H22F5N5O3S/c1-31(29-21(34)22(25,26)27)18(10-33)32-8-3-2-7-16(32)20-28-15(11-36-20)14-9-17(35-30-14)19-12(23)5-4-6-13(19)24/h4-6,10-11,16-18H,2-3,7-9H2,1H3,(H,29,34). The van der Waals surface area contributed by atoms with Crippen molar-refractivity contribution in [3.8, 4) is 0 Å². The molecule has 3 heterocycles. The minimum atomic E-state index is -5.10. The normalized spacial score (nSPS) is 21.7. The maximum absolute atomic E-state index is 14.1. The quantitative estimate of drug-likeness (QED) is 0.332. The molecule has 2 aliphatic heterocycles. The summed E-state index contributed by atoms with van der Waals surface area (Å²) in [5.41, 5.74) is 2.33. The highest BCUT2D eigenvalue weighted by molar-refractivity contribution is 7.09. The molecular weight excluding hydrogens is 509 g/mol. The molecule has 0 bridgehead atoms. The molecule has 1 N–H and O–H groups in total. The monoisotopic (exact) mass is 531 g/mol. The second kappa shape index (κ2) is 10.6. The van der Waals surface area contributed by atoms with Gasteiger partial charge in [0.1, 0.15) is 28.5 Å². The van der Waals surface area contributed by atoms with E-state index in [0.29, 0.717) is 42.1 Å². The number of amides is 1. The predicted octanol–water partition coefficient (Wildman–Crippen LogP) is 3.86. The number of piperidine rings is 1. The number of carbonyl (C=O) groups excluding carboxylic acids is 2. The van der Waals surface area contributed by atoms with Crippen molar-refractivity contribution in [1.29, 1.82) is 0 Å². The van der Waals surface area contributed by atoms with Gasteiger partial charge in [-0.25, -0.2) is 13.8 Å². The van der Waals surface area contributed by atoms with Crippen LogP contribution in [0.4, 0.5) is 22.0 Å². The van der Waals surface area contributed by atoms with E-state index in [1.165, 1.54) is 24.5 Å². The third-order valence-corrected chi connectivity index (χ3v) is 6.98. The lowest BCUT2D eigenvalue weighted by molar-refractivity contribution is -0.181. The Morgan fingerprint density at radius 3 is 2.69 bits per heavy atom. The van der Waals surface area contributed by atoms with Crippen LogP contribution in [0.2, 0.25) is 0 Å². The van der Waals surface area contributed by atoms with Gasteiger partial charge in [-0.05, 0) is 25.0 Å². The number of alkyl halides is 3. The highest BCUT2D eigenvalue weighted by atomic mass is 32.1. The zero-order valence-corrected chi connectivity index (χ0v) is 19.8. The highest BCUT2D eigenvalue weighted by Crippen LogP contribution is 2.37. The Bertz CT molecular complexity index is 1140. The number of likely N-dealkylation sites (tertiary alicyclic amines) is 1. The number of nitrogens with zero attached hydrogens (tertiary/aromatic N) is 4. The van der Waals surface area contributed by atoms with Gasteiger partial charge >= 0.3 is 12.1 Å². The summed E-state index contributed by atoms with van der Waals surface area (Å²) in [5, 5.41) is 7.08. The summed E-state index contributed by atoms with van der Waals surface area (Å²) >= 11 is 1.27. The van der Waals surface area contributed by atoms with Crippen molar-refractivity contribution in [2.45, 2.75) is 50.2 Å². The van der Waals surface area contributed by atoms with Gasteiger partial charge in [0, 0.05) is 25.4 Å². The number of hydrogen-bond acceptors (Lipinski definition) is 8. The van der Waals surface area contributed by atoms with Crippen LogP contribution in [0.1, 0.15) is 54.1 Å². The van der Waals surface area contributed by atoms with E-state index in [9.17, 15) is 31.5 Å². The van der Waals surface area contributed by atoms with Crippen LogP contribution in [-0.4, -0.2) is 58.7 Å². The van der Waals surface area contributed by atoms with Crippen LogP contribution in [0.5, 0.6) is 0 Å². The Labute approximate surface area is 206 Å². The number of rotatable bonds is 7. The lowest BCUT2D eigenvalue weighted by Gasteiger charge is -2.41. The fourth-order valence-corrected chi connectivity index (χ4v) is 5.27. The molecule has 1 amide bonds. The number of nitrogens with one attached hydrogen (secondary N) is 1. The van der Waals surface area contributed by atoms with Crippen LogP contribution >= 0.6 is 11.3 Å². The Morgan fingerprint density at radius 2 is 2.03 bits per heavy atom. The van der Waals surface area contributed by atoms with Crippen LogP contribution in [0, 0.1) is 11.6 Å². The summed E-state index contributed by atoms with van der Waals surface area (Å²) in [5.74, 6) is -3.66. The summed E-state index contributed by atoms with van der Waals surface area (Å²) in [4.78, 5) is 34.8. The number of thiazole rings is 1. The molecule has 1 aromatic heterocycles. The van der Waals surface area contributed by atoms with Gasteiger partial charge in [-0.15, -0.1) is 11.3 Å². The number of likely N-dealkylation sites (N-methyl/N-ethyl adjacent to an activating group) is 1. The zero-order valence-electron chi connectivity index (χ0n) is 19.0. The topological polar surface area (TPSA) is 87.1 Å². The molecule has 14 heteroatoms. The maximum atomic E-state index is 14.1. The minimum Gasteiger partial charge on any atom is -0.387 e. The average Bonchev–Trinajstić information content (AvgIpc) is 3.49. The molecule has 3 atom stereocenters. The second-order valence-electron chi connectivity index (χ2n) is 8.39. The molecule has 1 saturated heterocycles. The third kappa shape index (κ3) is 5.39. The number of oxime groups is 1. The summed E-state index contributed by atoms with van der Waals surface area (Å²) in [7, 11) is 1.19. The molecule has 1 fully saturated rings. The van der Waals surface area contributed by atoms with E-state index < -0.39 is 42.0 Å². The molecule has 0 saturated carbocycles. The van der Waals surface area contributed by atoms with Gasteiger partial charge in [-0.1, -0.05) is 17.6 Å². The van der Waals surface area contributed by atoms with Gasteiger partial charge in [0.25, 0.3) is 0 Å². The number of benzene rings is 1. The van der Waals surface area contributed by atoms with Crippen molar-refractivity contribution in [3.63, 3.8) is 0 Å². The van der Waals surface area contributed by atoms with Crippen LogP contribution < -0.4 is 5.43 Å². The highest BCUT2D eigenvalue weighted by Gasteiger charge is 2.42. The van der Waals surface area contributed by atoms with E-state index in [0.717, 1.165) is 23.6 Å². The first-order valence-electron chi connectivity index (χ1n) is 11.0. The van der Waals surface area contributed by atoms with E-state index >= 15 is 0 Å². The molecule has 1 aromatic carbocycles. The van der Waals surface area contributed by atoms with Gasteiger partial charge in [-0.3, -0.25) is 15.1 Å². The first-order valence-corrected chi connectivity index (χ1v) is 11.9. The molecule has 2 aromatic rings. The van der Waals surface area contributed by atoms with Gasteiger partial charge < -0.3 is 9.63 Å². The largest absolute Gasteiger partial charge is 0.472 e. The minimum absolute atomic E-state index is 0.0958. The summed E-state index contributed by atoms with van der Waals surface area (Å²) in [6, 6.07) is 3.12. The fraction of sp³-hybridized carbons (Fsp3) is 0.455. The molecule has 2 aliphatic rings. The summed E-state index contributed by atoms with van der Waals surface area (Å²) in [6.45, 7) is 0.397. The van der Waals surface area contributed by atoms with Crippen molar-refractivity contribution < 1.29 is 36.4 Å². The number of aromatic nitrogens is 1. The fourth-order valence-electron chi connectivity index (χ4n) is 4.29. The number of carbonyl (C=O) groups is 2. The van der Waals surface area contributed by atoms with Crippen molar-refractivity contribution in [2.24, 2.45) is 5.16 Å². The van der Waals surface area contributed by atoms with E-state index in [4.69, 9.17) is 4.84 Å². The van der Waals surface area contributed by atoms with Gasteiger partial charge in [0.2, 0.25) is 0 Å². The van der Waals surface area contributed by atoms with Crippen LogP contribution in [0.25, 0.3) is 0 Å². The van der Waals surface area contributed by atoms with E-state index in [-0.39, 0.29) is 12.0 Å². The van der Waals surface area contributed by atoms with Crippen molar-refractivity contribution in [1.82, 2.24) is 20.3 Å². The summed E-state index contributed by atoms with van der Waals surface area (Å²) < 4.78 is 66.3. The van der Waals surface area contributed by atoms with Crippen molar-refractivity contribution in [3.05, 3.63) is 51.5 Å². The molecule has 0 spiro atoms. The smallest absolute Gasteiger partial charge is 0.387 e. The van der Waals surface area contributed by atoms with Gasteiger partial charge in [0.05, 0.1) is 17.3 Å². The SMILES string of the molecule is CN(NC(=O)C(F)(F)F)C(C=O)N1CCCCC1c1nc(C2=NOC(c3c(F)cccc3F)C2)cs1. The van der Waals surface area contributed by atoms with Crippen LogP contribution in [0.15, 0.2) is 28.7 Å². The van der Waals surface area contributed by atoms with Gasteiger partial charge in [0.15, 0.2) is 12.4 Å². The lowest BCUT2D eigenvalue weighted by atomic mass is 10.0. The van der Waals surface area contributed by atoms with E-state index in [1.807, 2.05) is 0 Å². The van der Waals surface area contributed by atoms with Gasteiger partial charge in [-0.2, -0.15) is 18.2 Å². The predicted molar refractivity (Wildman–Crippen MR) is 119 cm³/mol. The Hall–Kier alpha value is -2.97. The molecule has 36 heavy (non-hydrogen) atoms. The molecule has 0 aliphatic carbocycles. The molecular formula is C22H22F5N5O3S.